The molecule has 1 heterocycles. The Balaban J connectivity index is 2.34. The maximum atomic E-state index is 5.74. The topological polar surface area (TPSA) is 73.1 Å². The normalized spacial score (nSPS) is 10.2. The number of nitrogen functional groups attached to an aromatic ring is 1. The molecule has 0 aliphatic carbocycles. The van der Waals surface area contributed by atoms with Gasteiger partial charge in [0.1, 0.15) is 23.7 Å². The zero-order chi connectivity index (χ0) is 13.1. The van der Waals surface area contributed by atoms with Crippen molar-refractivity contribution in [2.24, 2.45) is 0 Å². The summed E-state index contributed by atoms with van der Waals surface area (Å²) in [6.07, 6.45) is 1.43. The SMILES string of the molecule is COc1cc(Br)cc(Nc2ncnc(N)c2C)c1. The fourth-order valence-electron chi connectivity index (χ4n) is 1.48. The highest BCUT2D eigenvalue weighted by Gasteiger charge is 2.06. The quantitative estimate of drug-likeness (QED) is 0.912. The predicted octanol–water partition coefficient (Wildman–Crippen LogP) is 2.88. The van der Waals surface area contributed by atoms with Crippen LogP contribution in [0.2, 0.25) is 0 Å². The number of hydrogen-bond acceptors (Lipinski definition) is 5. The van der Waals surface area contributed by atoms with E-state index in [-0.39, 0.29) is 0 Å². The van der Waals surface area contributed by atoms with Crippen molar-refractivity contribution < 1.29 is 4.74 Å². The third kappa shape index (κ3) is 2.70. The summed E-state index contributed by atoms with van der Waals surface area (Å²) in [6, 6.07) is 5.69. The highest BCUT2D eigenvalue weighted by atomic mass is 79.9. The maximum Gasteiger partial charge on any atom is 0.138 e. The van der Waals surface area contributed by atoms with Crippen molar-refractivity contribution >= 4 is 33.3 Å². The fourth-order valence-corrected chi connectivity index (χ4v) is 1.95. The van der Waals surface area contributed by atoms with Crippen LogP contribution in [0.25, 0.3) is 0 Å². The largest absolute Gasteiger partial charge is 0.497 e. The van der Waals surface area contributed by atoms with Gasteiger partial charge in [-0.2, -0.15) is 0 Å². The average molecular weight is 309 g/mol. The third-order valence-electron chi connectivity index (χ3n) is 2.49. The molecule has 0 bridgehead atoms. The molecule has 0 unspecified atom stereocenters. The molecule has 6 heteroatoms. The molecule has 0 atom stereocenters. The van der Waals surface area contributed by atoms with Gasteiger partial charge in [0.25, 0.3) is 0 Å². The lowest BCUT2D eigenvalue weighted by Gasteiger charge is -2.11. The minimum absolute atomic E-state index is 0.467. The van der Waals surface area contributed by atoms with Crippen molar-refractivity contribution in [3.05, 3.63) is 34.6 Å². The van der Waals surface area contributed by atoms with Crippen LogP contribution in [0.3, 0.4) is 0 Å². The molecule has 0 saturated heterocycles. The second-order valence-corrected chi connectivity index (χ2v) is 4.65. The molecule has 0 fully saturated rings. The molecule has 0 spiro atoms. The van der Waals surface area contributed by atoms with Gasteiger partial charge in [-0.1, -0.05) is 15.9 Å². The van der Waals surface area contributed by atoms with Gasteiger partial charge in [0.2, 0.25) is 0 Å². The van der Waals surface area contributed by atoms with Gasteiger partial charge in [0, 0.05) is 21.8 Å². The Bertz CT molecular complexity index is 574. The van der Waals surface area contributed by atoms with Crippen molar-refractivity contribution in [2.75, 3.05) is 18.2 Å². The Morgan fingerprint density at radius 1 is 1.28 bits per heavy atom. The van der Waals surface area contributed by atoms with E-state index in [0.29, 0.717) is 11.6 Å². The number of nitrogens with zero attached hydrogens (tertiary/aromatic N) is 2. The van der Waals surface area contributed by atoms with E-state index in [1.165, 1.54) is 6.33 Å². The summed E-state index contributed by atoms with van der Waals surface area (Å²) < 4.78 is 6.12. The molecule has 0 amide bonds. The molecule has 94 valence electrons. The summed E-state index contributed by atoms with van der Waals surface area (Å²) in [7, 11) is 1.62. The van der Waals surface area contributed by atoms with Crippen LogP contribution in [-0.4, -0.2) is 17.1 Å². The lowest BCUT2D eigenvalue weighted by molar-refractivity contribution is 0.415. The van der Waals surface area contributed by atoms with Crippen LogP contribution in [0, 0.1) is 6.92 Å². The number of aromatic nitrogens is 2. The van der Waals surface area contributed by atoms with Crippen molar-refractivity contribution in [1.82, 2.24) is 9.97 Å². The minimum Gasteiger partial charge on any atom is -0.497 e. The summed E-state index contributed by atoms with van der Waals surface area (Å²) in [5.41, 5.74) is 7.41. The first-order valence-electron chi connectivity index (χ1n) is 5.29. The van der Waals surface area contributed by atoms with Gasteiger partial charge in [-0.05, 0) is 19.1 Å². The fraction of sp³-hybridized carbons (Fsp3) is 0.167. The first-order valence-corrected chi connectivity index (χ1v) is 6.08. The second kappa shape index (κ2) is 5.22. The van der Waals surface area contributed by atoms with E-state index in [2.05, 4.69) is 31.2 Å². The van der Waals surface area contributed by atoms with Crippen molar-refractivity contribution in [3.8, 4) is 5.75 Å². The molecular weight excluding hydrogens is 296 g/mol. The monoisotopic (exact) mass is 308 g/mol. The molecule has 1 aromatic carbocycles. The Kier molecular flexibility index (Phi) is 3.66. The second-order valence-electron chi connectivity index (χ2n) is 3.74. The molecular formula is C12H13BrN4O. The highest BCUT2D eigenvalue weighted by molar-refractivity contribution is 9.10. The van der Waals surface area contributed by atoms with Crippen LogP contribution in [-0.2, 0) is 0 Å². The van der Waals surface area contributed by atoms with Crippen molar-refractivity contribution in [3.63, 3.8) is 0 Å². The third-order valence-corrected chi connectivity index (χ3v) is 2.95. The van der Waals surface area contributed by atoms with Crippen LogP contribution in [0.5, 0.6) is 5.75 Å². The molecule has 3 N–H and O–H groups in total. The van der Waals surface area contributed by atoms with E-state index >= 15 is 0 Å². The number of rotatable bonds is 3. The zero-order valence-corrected chi connectivity index (χ0v) is 11.7. The van der Waals surface area contributed by atoms with E-state index in [1.807, 2.05) is 25.1 Å². The number of nitrogens with one attached hydrogen (secondary N) is 1. The smallest absolute Gasteiger partial charge is 0.138 e. The zero-order valence-electron chi connectivity index (χ0n) is 10.1. The van der Waals surface area contributed by atoms with Crippen LogP contribution in [0.1, 0.15) is 5.56 Å². The van der Waals surface area contributed by atoms with Gasteiger partial charge >= 0.3 is 0 Å². The number of nitrogens with two attached hydrogens (primary N) is 1. The molecule has 0 radical (unpaired) electrons. The van der Waals surface area contributed by atoms with Gasteiger partial charge in [0.05, 0.1) is 7.11 Å². The molecule has 2 aromatic rings. The summed E-state index contributed by atoms with van der Waals surface area (Å²) >= 11 is 3.42. The number of benzene rings is 1. The molecule has 1 aromatic heterocycles. The van der Waals surface area contributed by atoms with Gasteiger partial charge in [-0.3, -0.25) is 0 Å². The van der Waals surface area contributed by atoms with E-state index in [0.717, 1.165) is 21.5 Å². The predicted molar refractivity (Wildman–Crippen MR) is 75.2 cm³/mol. The minimum atomic E-state index is 0.467. The number of methoxy groups -OCH3 is 1. The lowest BCUT2D eigenvalue weighted by Crippen LogP contribution is -2.02. The van der Waals surface area contributed by atoms with Crippen molar-refractivity contribution in [1.29, 1.82) is 0 Å². The van der Waals surface area contributed by atoms with E-state index in [4.69, 9.17) is 10.5 Å². The number of ether oxygens (including phenoxy) is 1. The van der Waals surface area contributed by atoms with Gasteiger partial charge in [-0.15, -0.1) is 0 Å². The molecule has 18 heavy (non-hydrogen) atoms. The number of halogens is 1. The van der Waals surface area contributed by atoms with Crippen LogP contribution >= 0.6 is 15.9 Å². The Hall–Kier alpha value is -1.82. The standard InChI is InChI=1S/C12H13BrN4O/c1-7-11(14)15-6-16-12(7)17-9-3-8(13)4-10(5-9)18-2/h3-6H,1-2H3,(H3,14,15,16,17). The van der Waals surface area contributed by atoms with Gasteiger partial charge < -0.3 is 15.8 Å². The number of hydrogen-bond donors (Lipinski definition) is 2. The van der Waals surface area contributed by atoms with E-state index in [9.17, 15) is 0 Å². The van der Waals surface area contributed by atoms with Crippen LogP contribution in [0.4, 0.5) is 17.3 Å². The van der Waals surface area contributed by atoms with Crippen molar-refractivity contribution in [2.45, 2.75) is 6.92 Å². The molecule has 0 aliphatic rings. The Morgan fingerprint density at radius 2 is 2.06 bits per heavy atom. The Morgan fingerprint density at radius 3 is 2.78 bits per heavy atom. The van der Waals surface area contributed by atoms with Gasteiger partial charge in [-0.25, -0.2) is 9.97 Å². The van der Waals surface area contributed by atoms with E-state index in [1.54, 1.807) is 7.11 Å². The molecule has 0 saturated carbocycles. The van der Waals surface area contributed by atoms with E-state index < -0.39 is 0 Å². The Labute approximate surface area is 114 Å². The molecule has 0 aliphatic heterocycles. The number of anilines is 3. The molecule has 2 rings (SSSR count). The first-order chi connectivity index (χ1) is 8.60. The summed E-state index contributed by atoms with van der Waals surface area (Å²) in [6.45, 7) is 1.87. The first kappa shape index (κ1) is 12.6. The van der Waals surface area contributed by atoms with Gasteiger partial charge in [0.15, 0.2) is 0 Å². The summed E-state index contributed by atoms with van der Waals surface area (Å²) in [4.78, 5) is 8.09. The maximum absolute atomic E-state index is 5.74. The highest BCUT2D eigenvalue weighted by Crippen LogP contribution is 2.27. The summed E-state index contributed by atoms with van der Waals surface area (Å²) in [5, 5.41) is 3.19. The molecule has 5 nitrogen and oxygen atoms in total. The average Bonchev–Trinajstić information content (AvgIpc) is 2.34. The summed E-state index contributed by atoms with van der Waals surface area (Å²) in [5.74, 6) is 1.91. The lowest BCUT2D eigenvalue weighted by atomic mass is 10.2. The van der Waals surface area contributed by atoms with Crippen LogP contribution in [0.15, 0.2) is 29.0 Å². The van der Waals surface area contributed by atoms with Crippen LogP contribution < -0.4 is 15.8 Å².